The summed E-state index contributed by atoms with van der Waals surface area (Å²) in [6, 6.07) is 16.2. The molecule has 0 fully saturated rings. The summed E-state index contributed by atoms with van der Waals surface area (Å²) >= 11 is 3.40. The van der Waals surface area contributed by atoms with Crippen molar-refractivity contribution in [3.8, 4) is 11.8 Å². The molecule has 16 heavy (non-hydrogen) atoms. The van der Waals surface area contributed by atoms with E-state index in [9.17, 15) is 0 Å². The topological polar surface area (TPSA) is 0 Å². The first kappa shape index (κ1) is 11.0. The third-order valence-corrected chi connectivity index (χ3v) is 2.86. The summed E-state index contributed by atoms with van der Waals surface area (Å²) in [5.41, 5.74) is 3.34. The molecule has 0 aromatic heterocycles. The second-order valence-electron chi connectivity index (χ2n) is 3.57. The summed E-state index contributed by atoms with van der Waals surface area (Å²) in [5, 5.41) is 0. The number of benzene rings is 2. The van der Waals surface area contributed by atoms with Gasteiger partial charge in [0.05, 0.1) is 0 Å². The Bertz CT molecular complexity index is 542. The van der Waals surface area contributed by atoms with Gasteiger partial charge in [-0.1, -0.05) is 46.0 Å². The number of hydrogen-bond acceptors (Lipinski definition) is 0. The monoisotopic (exact) mass is 270 g/mol. The lowest BCUT2D eigenvalue weighted by atomic mass is 10.1. The predicted octanol–water partition coefficient (Wildman–Crippen LogP) is 4.16. The minimum Gasteiger partial charge on any atom is -0.0619 e. The molecule has 2 aromatic carbocycles. The first-order valence-corrected chi connectivity index (χ1v) is 5.88. The van der Waals surface area contributed by atoms with E-state index in [0.717, 1.165) is 15.6 Å². The molecule has 0 aliphatic heterocycles. The minimum atomic E-state index is 1.03. The van der Waals surface area contributed by atoms with E-state index in [-0.39, 0.29) is 0 Å². The van der Waals surface area contributed by atoms with Crippen LogP contribution in [-0.2, 0) is 0 Å². The zero-order valence-electron chi connectivity index (χ0n) is 9.00. The Morgan fingerprint density at radius 1 is 0.875 bits per heavy atom. The molecule has 0 bridgehead atoms. The number of rotatable bonds is 0. The molecule has 0 spiro atoms. The fraction of sp³-hybridized carbons (Fsp3) is 0.0667. The summed E-state index contributed by atoms with van der Waals surface area (Å²) in [7, 11) is 0. The van der Waals surface area contributed by atoms with Gasteiger partial charge in [0.2, 0.25) is 0 Å². The molecule has 0 N–H and O–H groups in total. The van der Waals surface area contributed by atoms with Crippen LogP contribution in [0.3, 0.4) is 0 Å². The average Bonchev–Trinajstić information content (AvgIpc) is 2.30. The maximum absolute atomic E-state index is 3.40. The van der Waals surface area contributed by atoms with Crippen molar-refractivity contribution >= 4 is 15.9 Å². The first-order valence-electron chi connectivity index (χ1n) is 5.09. The van der Waals surface area contributed by atoms with Gasteiger partial charge >= 0.3 is 0 Å². The zero-order valence-corrected chi connectivity index (χ0v) is 10.6. The Hall–Kier alpha value is -1.52. The molecule has 0 aliphatic carbocycles. The van der Waals surface area contributed by atoms with Gasteiger partial charge < -0.3 is 0 Å². The molecular weight excluding hydrogens is 260 g/mol. The van der Waals surface area contributed by atoms with Crippen LogP contribution in [0.25, 0.3) is 0 Å². The lowest BCUT2D eigenvalue weighted by Gasteiger charge is -1.95. The third kappa shape index (κ3) is 2.74. The van der Waals surface area contributed by atoms with Gasteiger partial charge in [-0.05, 0) is 42.8 Å². The van der Waals surface area contributed by atoms with Gasteiger partial charge in [0, 0.05) is 15.6 Å². The van der Waals surface area contributed by atoms with Crippen LogP contribution in [-0.4, -0.2) is 0 Å². The summed E-state index contributed by atoms with van der Waals surface area (Å²) in [5.74, 6) is 6.34. The average molecular weight is 271 g/mol. The molecule has 0 amide bonds. The summed E-state index contributed by atoms with van der Waals surface area (Å²) in [4.78, 5) is 0. The van der Waals surface area contributed by atoms with Crippen LogP contribution in [0.15, 0.2) is 53.0 Å². The van der Waals surface area contributed by atoms with Crippen LogP contribution in [0.1, 0.15) is 16.7 Å². The van der Waals surface area contributed by atoms with Gasteiger partial charge in [0.25, 0.3) is 0 Å². The van der Waals surface area contributed by atoms with Crippen LogP contribution in [0.4, 0.5) is 0 Å². The summed E-state index contributed by atoms with van der Waals surface area (Å²) < 4.78 is 1.08. The van der Waals surface area contributed by atoms with Crippen molar-refractivity contribution in [3.63, 3.8) is 0 Å². The second kappa shape index (κ2) is 5.01. The molecule has 0 saturated heterocycles. The predicted molar refractivity (Wildman–Crippen MR) is 71.3 cm³/mol. The lowest BCUT2D eigenvalue weighted by Crippen LogP contribution is -1.80. The van der Waals surface area contributed by atoms with E-state index in [1.807, 2.05) is 42.5 Å². The highest BCUT2D eigenvalue weighted by molar-refractivity contribution is 9.10. The van der Waals surface area contributed by atoms with E-state index in [2.05, 4.69) is 40.8 Å². The molecule has 0 saturated carbocycles. The largest absolute Gasteiger partial charge is 0.0619 e. The van der Waals surface area contributed by atoms with Crippen molar-refractivity contribution in [2.75, 3.05) is 0 Å². The molecule has 0 unspecified atom stereocenters. The van der Waals surface area contributed by atoms with E-state index >= 15 is 0 Å². The molecule has 78 valence electrons. The molecule has 0 aliphatic rings. The van der Waals surface area contributed by atoms with E-state index in [4.69, 9.17) is 0 Å². The Balaban J connectivity index is 2.29. The maximum atomic E-state index is 3.40. The zero-order chi connectivity index (χ0) is 11.4. The molecule has 1 heteroatoms. The van der Waals surface area contributed by atoms with Gasteiger partial charge in [0.15, 0.2) is 0 Å². The van der Waals surface area contributed by atoms with Crippen LogP contribution in [0, 0.1) is 18.8 Å². The lowest BCUT2D eigenvalue weighted by molar-refractivity contribution is 1.44. The number of halogens is 1. The van der Waals surface area contributed by atoms with Gasteiger partial charge in [0.1, 0.15) is 0 Å². The Morgan fingerprint density at radius 3 is 2.25 bits per heavy atom. The number of hydrogen-bond donors (Lipinski definition) is 0. The van der Waals surface area contributed by atoms with Crippen molar-refractivity contribution in [1.29, 1.82) is 0 Å². The van der Waals surface area contributed by atoms with E-state index in [1.165, 1.54) is 5.56 Å². The van der Waals surface area contributed by atoms with E-state index < -0.39 is 0 Å². The highest BCUT2D eigenvalue weighted by atomic mass is 79.9. The molecular formula is C15H11Br. The smallest absolute Gasteiger partial charge is 0.0278 e. The SMILES string of the molecule is Cc1ccccc1C#Cc1ccc(Br)cc1. The normalized spacial score (nSPS) is 9.38. The fourth-order valence-corrected chi connectivity index (χ4v) is 1.65. The first-order chi connectivity index (χ1) is 7.75. The summed E-state index contributed by atoms with van der Waals surface area (Å²) in [6.45, 7) is 2.07. The van der Waals surface area contributed by atoms with E-state index in [0.29, 0.717) is 0 Å². The van der Waals surface area contributed by atoms with Crippen molar-refractivity contribution in [2.45, 2.75) is 6.92 Å². The quantitative estimate of drug-likeness (QED) is 0.631. The van der Waals surface area contributed by atoms with Gasteiger partial charge in [-0.3, -0.25) is 0 Å². The van der Waals surface area contributed by atoms with Crippen molar-refractivity contribution in [1.82, 2.24) is 0 Å². The molecule has 0 nitrogen and oxygen atoms in total. The fourth-order valence-electron chi connectivity index (χ4n) is 1.39. The molecule has 2 rings (SSSR count). The van der Waals surface area contributed by atoms with Crippen molar-refractivity contribution in [3.05, 3.63) is 69.7 Å². The highest BCUT2D eigenvalue weighted by Crippen LogP contribution is 2.10. The van der Waals surface area contributed by atoms with Gasteiger partial charge in [-0.2, -0.15) is 0 Å². The molecule has 0 atom stereocenters. The summed E-state index contributed by atoms with van der Waals surface area (Å²) in [6.07, 6.45) is 0. The highest BCUT2D eigenvalue weighted by Gasteiger charge is 1.91. The molecule has 0 heterocycles. The molecule has 0 radical (unpaired) electrons. The Morgan fingerprint density at radius 2 is 1.56 bits per heavy atom. The van der Waals surface area contributed by atoms with Crippen LogP contribution < -0.4 is 0 Å². The van der Waals surface area contributed by atoms with Crippen LogP contribution in [0.5, 0.6) is 0 Å². The van der Waals surface area contributed by atoms with Gasteiger partial charge in [-0.25, -0.2) is 0 Å². The maximum Gasteiger partial charge on any atom is 0.0278 e. The van der Waals surface area contributed by atoms with Gasteiger partial charge in [-0.15, -0.1) is 0 Å². The second-order valence-corrected chi connectivity index (χ2v) is 4.49. The standard InChI is InChI=1S/C15H11Br/c1-12-4-2-3-5-14(12)9-6-13-7-10-15(16)11-8-13/h2-5,7-8,10-11H,1H3. The van der Waals surface area contributed by atoms with Crippen LogP contribution in [0.2, 0.25) is 0 Å². The Labute approximate surface area is 104 Å². The van der Waals surface area contributed by atoms with Crippen molar-refractivity contribution in [2.24, 2.45) is 0 Å². The molecule has 2 aromatic rings. The minimum absolute atomic E-state index is 1.03. The Kier molecular flexibility index (Phi) is 3.44. The van der Waals surface area contributed by atoms with E-state index in [1.54, 1.807) is 0 Å². The third-order valence-electron chi connectivity index (χ3n) is 2.33. The number of aryl methyl sites for hydroxylation is 1. The van der Waals surface area contributed by atoms with Crippen molar-refractivity contribution < 1.29 is 0 Å². The van der Waals surface area contributed by atoms with Crippen LogP contribution >= 0.6 is 15.9 Å².